The quantitative estimate of drug-likeness (QED) is 0.741. The van der Waals surface area contributed by atoms with Crippen LogP contribution in [0.15, 0.2) is 54.7 Å². The molecular weight excluding hydrogens is 349 g/mol. The van der Waals surface area contributed by atoms with Gasteiger partial charge in [0.15, 0.2) is 0 Å². The van der Waals surface area contributed by atoms with Crippen LogP contribution in [0.1, 0.15) is 21.5 Å². The number of aromatic carboxylic acids is 1. The number of benzene rings is 2. The van der Waals surface area contributed by atoms with Gasteiger partial charge in [0, 0.05) is 17.3 Å². The minimum atomic E-state index is -4.48. The van der Waals surface area contributed by atoms with Crippen LogP contribution in [0.2, 0.25) is 0 Å². The Bertz CT molecular complexity index is 947. The number of aliphatic hydroxyl groups excluding tert-OH is 1. The zero-order valence-corrected chi connectivity index (χ0v) is 13.2. The van der Waals surface area contributed by atoms with Gasteiger partial charge < -0.3 is 10.2 Å². The topological polar surface area (TPSA) is 75.3 Å². The second-order valence-electron chi connectivity index (χ2n) is 5.54. The van der Waals surface area contributed by atoms with E-state index in [0.29, 0.717) is 11.3 Å². The van der Waals surface area contributed by atoms with Crippen molar-refractivity contribution in [3.8, 4) is 16.9 Å². The Balaban J connectivity index is 2.03. The molecule has 3 aromatic rings. The summed E-state index contributed by atoms with van der Waals surface area (Å²) in [6, 6.07) is 10.5. The molecule has 0 unspecified atom stereocenters. The molecule has 0 bridgehead atoms. The second-order valence-corrected chi connectivity index (χ2v) is 5.54. The lowest BCUT2D eigenvalue weighted by Gasteiger charge is -2.08. The largest absolute Gasteiger partial charge is 0.478 e. The third-order valence-corrected chi connectivity index (χ3v) is 3.80. The molecule has 134 valence electrons. The summed E-state index contributed by atoms with van der Waals surface area (Å²) in [6.45, 7) is -0.404. The van der Waals surface area contributed by atoms with E-state index in [1.165, 1.54) is 47.3 Å². The first-order valence-corrected chi connectivity index (χ1v) is 7.50. The molecule has 0 aliphatic heterocycles. The van der Waals surface area contributed by atoms with E-state index in [-0.39, 0.29) is 16.8 Å². The van der Waals surface area contributed by atoms with E-state index in [2.05, 4.69) is 5.10 Å². The maximum Gasteiger partial charge on any atom is 0.416 e. The fourth-order valence-electron chi connectivity index (χ4n) is 2.50. The molecule has 0 saturated carbocycles. The summed E-state index contributed by atoms with van der Waals surface area (Å²) < 4.78 is 40.1. The minimum Gasteiger partial charge on any atom is -0.478 e. The summed E-state index contributed by atoms with van der Waals surface area (Å²) in [5.74, 6) is -1.07. The van der Waals surface area contributed by atoms with Gasteiger partial charge in [0.2, 0.25) is 0 Å². The fourth-order valence-corrected chi connectivity index (χ4v) is 2.50. The van der Waals surface area contributed by atoms with Crippen molar-refractivity contribution in [3.05, 3.63) is 71.4 Å². The molecule has 0 amide bonds. The van der Waals surface area contributed by atoms with Crippen LogP contribution >= 0.6 is 0 Å². The van der Waals surface area contributed by atoms with Gasteiger partial charge in [-0.25, -0.2) is 9.48 Å². The lowest BCUT2D eigenvalue weighted by atomic mass is 10.1. The molecule has 3 rings (SSSR count). The van der Waals surface area contributed by atoms with E-state index in [1.807, 2.05) is 0 Å². The first kappa shape index (κ1) is 17.7. The van der Waals surface area contributed by atoms with E-state index in [1.54, 1.807) is 0 Å². The number of hydrogen-bond acceptors (Lipinski definition) is 3. The smallest absolute Gasteiger partial charge is 0.416 e. The highest BCUT2D eigenvalue weighted by molar-refractivity contribution is 5.87. The van der Waals surface area contributed by atoms with Crippen LogP contribution in [0.25, 0.3) is 16.9 Å². The highest BCUT2D eigenvalue weighted by Crippen LogP contribution is 2.33. The molecule has 0 spiro atoms. The van der Waals surface area contributed by atoms with Crippen LogP contribution in [0.4, 0.5) is 13.2 Å². The van der Waals surface area contributed by atoms with Crippen molar-refractivity contribution in [1.29, 1.82) is 0 Å². The Morgan fingerprint density at radius 2 is 1.81 bits per heavy atom. The van der Waals surface area contributed by atoms with E-state index in [0.717, 1.165) is 12.1 Å². The number of aromatic nitrogens is 2. The highest BCUT2D eigenvalue weighted by Gasteiger charge is 2.30. The molecule has 0 aliphatic rings. The first-order valence-electron chi connectivity index (χ1n) is 7.50. The Labute approximate surface area is 145 Å². The summed E-state index contributed by atoms with van der Waals surface area (Å²) in [6.07, 6.45) is -2.99. The average Bonchev–Trinajstić information content (AvgIpc) is 3.05. The number of alkyl halides is 3. The van der Waals surface area contributed by atoms with Crippen LogP contribution in [0, 0.1) is 0 Å². The number of nitrogens with zero attached hydrogens (tertiary/aromatic N) is 2. The van der Waals surface area contributed by atoms with Crippen molar-refractivity contribution in [2.24, 2.45) is 0 Å². The van der Waals surface area contributed by atoms with Crippen LogP contribution in [0.5, 0.6) is 0 Å². The number of carbonyl (C=O) groups is 1. The van der Waals surface area contributed by atoms with Gasteiger partial charge in [0.25, 0.3) is 0 Å². The Morgan fingerprint density at radius 1 is 1.12 bits per heavy atom. The Morgan fingerprint density at radius 3 is 2.38 bits per heavy atom. The van der Waals surface area contributed by atoms with Crippen molar-refractivity contribution in [1.82, 2.24) is 9.78 Å². The van der Waals surface area contributed by atoms with Gasteiger partial charge in [0.1, 0.15) is 0 Å². The Hall–Kier alpha value is -3.13. The van der Waals surface area contributed by atoms with Crippen molar-refractivity contribution in [2.45, 2.75) is 12.8 Å². The van der Waals surface area contributed by atoms with Gasteiger partial charge in [-0.05, 0) is 36.4 Å². The molecule has 1 heterocycles. The minimum absolute atomic E-state index is 0.0985. The van der Waals surface area contributed by atoms with Crippen LogP contribution in [-0.4, -0.2) is 26.0 Å². The normalized spacial score (nSPS) is 11.5. The maximum atomic E-state index is 12.9. The molecule has 0 radical (unpaired) electrons. The molecule has 0 saturated heterocycles. The molecular formula is C18H13F3N2O3. The van der Waals surface area contributed by atoms with Crippen molar-refractivity contribution >= 4 is 5.97 Å². The molecule has 1 aromatic heterocycles. The molecule has 0 fully saturated rings. The zero-order chi connectivity index (χ0) is 18.9. The van der Waals surface area contributed by atoms with Crippen LogP contribution in [-0.2, 0) is 12.8 Å². The number of carboxylic acids is 1. The lowest BCUT2D eigenvalue weighted by molar-refractivity contribution is -0.137. The van der Waals surface area contributed by atoms with E-state index in [4.69, 9.17) is 5.11 Å². The van der Waals surface area contributed by atoms with Crippen molar-refractivity contribution in [3.63, 3.8) is 0 Å². The Kier molecular flexibility index (Phi) is 4.52. The summed E-state index contributed by atoms with van der Waals surface area (Å²) in [4.78, 5) is 10.9. The third kappa shape index (κ3) is 3.45. The first-order chi connectivity index (χ1) is 12.3. The van der Waals surface area contributed by atoms with Crippen LogP contribution in [0.3, 0.4) is 0 Å². The molecule has 0 aliphatic carbocycles. The van der Waals surface area contributed by atoms with E-state index in [9.17, 15) is 23.1 Å². The molecule has 26 heavy (non-hydrogen) atoms. The van der Waals surface area contributed by atoms with E-state index < -0.39 is 24.3 Å². The van der Waals surface area contributed by atoms with Gasteiger partial charge in [-0.2, -0.15) is 18.3 Å². The number of aliphatic hydroxyl groups is 1. The monoisotopic (exact) mass is 362 g/mol. The molecule has 5 nitrogen and oxygen atoms in total. The van der Waals surface area contributed by atoms with Gasteiger partial charge in [-0.3, -0.25) is 0 Å². The second kappa shape index (κ2) is 6.64. The zero-order valence-electron chi connectivity index (χ0n) is 13.2. The maximum absolute atomic E-state index is 12.9. The predicted molar refractivity (Wildman–Crippen MR) is 86.9 cm³/mol. The van der Waals surface area contributed by atoms with Crippen LogP contribution < -0.4 is 0 Å². The number of halogens is 3. The van der Waals surface area contributed by atoms with Crippen molar-refractivity contribution < 1.29 is 28.2 Å². The van der Waals surface area contributed by atoms with Gasteiger partial charge in [-0.15, -0.1) is 0 Å². The molecule has 2 aromatic carbocycles. The molecule has 8 heteroatoms. The fraction of sp³-hybridized carbons (Fsp3) is 0.111. The number of rotatable bonds is 4. The molecule has 2 N–H and O–H groups in total. The lowest BCUT2D eigenvalue weighted by Crippen LogP contribution is -2.04. The number of hydrogen-bond donors (Lipinski definition) is 2. The average molecular weight is 362 g/mol. The van der Waals surface area contributed by atoms with Crippen molar-refractivity contribution in [2.75, 3.05) is 0 Å². The van der Waals surface area contributed by atoms with Gasteiger partial charge >= 0.3 is 12.1 Å². The predicted octanol–water partition coefficient (Wildman–Crippen LogP) is 3.75. The summed E-state index contributed by atoms with van der Waals surface area (Å²) in [5, 5.41) is 22.7. The van der Waals surface area contributed by atoms with E-state index >= 15 is 0 Å². The summed E-state index contributed by atoms with van der Waals surface area (Å²) in [7, 11) is 0. The molecule has 0 atom stereocenters. The summed E-state index contributed by atoms with van der Waals surface area (Å²) in [5.41, 5.74) is 0.612. The van der Waals surface area contributed by atoms with Gasteiger partial charge in [0.05, 0.1) is 29.1 Å². The SMILES string of the molecule is O=C(O)c1ccc(-n2cc(CO)c(-c3cccc(C(F)(F)F)c3)n2)cc1. The third-order valence-electron chi connectivity index (χ3n) is 3.80. The number of carboxylic acid groups (broad SMARTS) is 1. The highest BCUT2D eigenvalue weighted by atomic mass is 19.4. The van der Waals surface area contributed by atoms with Gasteiger partial charge in [-0.1, -0.05) is 12.1 Å². The standard InChI is InChI=1S/C18H13F3N2O3/c19-18(20,21)14-3-1-2-12(8-14)16-13(10-24)9-23(22-16)15-6-4-11(5-7-15)17(25)26/h1-9,24H,10H2,(H,25,26). The summed E-state index contributed by atoms with van der Waals surface area (Å²) >= 11 is 0.